The van der Waals surface area contributed by atoms with Gasteiger partial charge in [-0.05, 0) is 55.1 Å². The topological polar surface area (TPSA) is 110 Å². The second kappa shape index (κ2) is 9.40. The van der Waals surface area contributed by atoms with E-state index in [0.717, 1.165) is 34.9 Å². The molecule has 0 radical (unpaired) electrons. The number of aliphatic carboxylic acids is 1. The Labute approximate surface area is 209 Å². The predicted molar refractivity (Wildman–Crippen MR) is 136 cm³/mol. The van der Waals surface area contributed by atoms with Gasteiger partial charge < -0.3 is 13.7 Å². The van der Waals surface area contributed by atoms with E-state index in [-0.39, 0.29) is 12.3 Å². The molecule has 1 aliphatic rings. The van der Waals surface area contributed by atoms with Crippen LogP contribution in [-0.2, 0) is 21.5 Å². The Hall–Kier alpha value is -3.69. The molecular weight excluding hydrogens is 480 g/mol. The number of carbonyl (C=O) groups is 1. The van der Waals surface area contributed by atoms with Crippen LogP contribution in [0.25, 0.3) is 33.7 Å². The molecule has 9 heteroatoms. The summed E-state index contributed by atoms with van der Waals surface area (Å²) in [6.45, 7) is 2.83. The van der Waals surface area contributed by atoms with E-state index in [2.05, 4.69) is 0 Å². The van der Waals surface area contributed by atoms with E-state index in [1.807, 2.05) is 60.4 Å². The third kappa shape index (κ3) is 4.84. The summed E-state index contributed by atoms with van der Waals surface area (Å²) in [6.07, 6.45) is 2.28. The van der Waals surface area contributed by atoms with E-state index < -0.39 is 22.1 Å². The average Bonchev–Trinajstić information content (AvgIpc) is 3.46. The van der Waals surface area contributed by atoms with E-state index in [0.29, 0.717) is 35.5 Å². The van der Waals surface area contributed by atoms with E-state index in [1.54, 1.807) is 6.07 Å². The van der Waals surface area contributed by atoms with Gasteiger partial charge in [-0.3, -0.25) is 9.69 Å². The Kier molecular flexibility index (Phi) is 6.27. The van der Waals surface area contributed by atoms with Crippen molar-refractivity contribution in [2.45, 2.75) is 32.4 Å². The van der Waals surface area contributed by atoms with Crippen molar-refractivity contribution in [3.63, 3.8) is 0 Å². The van der Waals surface area contributed by atoms with Crippen LogP contribution in [0.2, 0.25) is 0 Å². The normalized spacial score (nSPS) is 16.4. The van der Waals surface area contributed by atoms with Crippen molar-refractivity contribution in [1.82, 2.24) is 9.88 Å². The summed E-state index contributed by atoms with van der Waals surface area (Å²) in [5.41, 5.74) is 5.43. The van der Waals surface area contributed by atoms with Gasteiger partial charge in [-0.2, -0.15) is 8.42 Å². The highest BCUT2D eigenvalue weighted by Crippen LogP contribution is 2.36. The van der Waals surface area contributed by atoms with E-state index >= 15 is 0 Å². The number of benzene rings is 3. The van der Waals surface area contributed by atoms with Crippen molar-refractivity contribution in [1.29, 1.82) is 0 Å². The maximum atomic E-state index is 12.0. The first kappa shape index (κ1) is 24.0. The first-order valence-corrected chi connectivity index (χ1v) is 13.5. The second-order valence-electron chi connectivity index (χ2n) is 9.05. The molecule has 0 spiro atoms. The number of rotatable bonds is 7. The van der Waals surface area contributed by atoms with Crippen LogP contribution in [0, 0.1) is 6.92 Å². The molecule has 8 nitrogen and oxygen atoms in total. The lowest BCUT2D eigenvalue weighted by atomic mass is 9.96. The van der Waals surface area contributed by atoms with Crippen LogP contribution in [0.5, 0.6) is 5.75 Å². The zero-order valence-electron chi connectivity index (χ0n) is 20.0. The third-order valence-corrected chi connectivity index (χ3v) is 6.97. The van der Waals surface area contributed by atoms with Crippen molar-refractivity contribution in [3.05, 3.63) is 71.8 Å². The van der Waals surface area contributed by atoms with Gasteiger partial charge in [0.2, 0.25) is 5.89 Å². The van der Waals surface area contributed by atoms with Crippen molar-refractivity contribution >= 4 is 27.2 Å². The first-order chi connectivity index (χ1) is 17.2. The average molecular weight is 507 g/mol. The number of hydrogen-bond donors (Lipinski definition) is 1. The summed E-state index contributed by atoms with van der Waals surface area (Å²) in [5.74, 6) is -0.373. The fourth-order valence-electron chi connectivity index (χ4n) is 4.79. The third-order valence-electron chi connectivity index (χ3n) is 6.48. The molecule has 4 aromatic rings. The highest BCUT2D eigenvalue weighted by Gasteiger charge is 2.31. The number of hydrogen-bond acceptors (Lipinski definition) is 7. The minimum Gasteiger partial charge on any atom is -0.480 e. The molecule has 5 rings (SSSR count). The Morgan fingerprint density at radius 1 is 1.14 bits per heavy atom. The van der Waals surface area contributed by atoms with Gasteiger partial charge in [0.25, 0.3) is 0 Å². The molecule has 1 aromatic heterocycles. The van der Waals surface area contributed by atoms with Crippen molar-refractivity contribution in [2.75, 3.05) is 12.8 Å². The maximum absolute atomic E-state index is 12.0. The van der Waals surface area contributed by atoms with Crippen LogP contribution in [0.4, 0.5) is 0 Å². The van der Waals surface area contributed by atoms with Gasteiger partial charge >= 0.3 is 16.1 Å². The van der Waals surface area contributed by atoms with Crippen LogP contribution < -0.4 is 4.18 Å². The van der Waals surface area contributed by atoms with Crippen LogP contribution in [0.1, 0.15) is 24.0 Å². The minimum atomic E-state index is -3.82. The molecule has 0 amide bonds. The summed E-state index contributed by atoms with van der Waals surface area (Å²) in [6, 6.07) is 18.6. The molecule has 0 unspecified atom stereocenters. The number of likely N-dealkylation sites (tertiary alicyclic amines) is 1. The highest BCUT2D eigenvalue weighted by atomic mass is 32.2. The molecule has 186 valence electrons. The predicted octanol–water partition coefficient (Wildman–Crippen LogP) is 4.86. The van der Waals surface area contributed by atoms with Gasteiger partial charge in [0.1, 0.15) is 11.6 Å². The Morgan fingerprint density at radius 2 is 1.89 bits per heavy atom. The van der Waals surface area contributed by atoms with Gasteiger partial charge in [0, 0.05) is 23.7 Å². The van der Waals surface area contributed by atoms with E-state index in [9.17, 15) is 18.3 Å². The molecule has 2 heterocycles. The first-order valence-electron chi connectivity index (χ1n) is 11.6. The smallest absolute Gasteiger partial charge is 0.320 e. The summed E-state index contributed by atoms with van der Waals surface area (Å²) in [5, 5.41) is 9.55. The molecule has 0 bridgehead atoms. The summed E-state index contributed by atoms with van der Waals surface area (Å²) < 4.78 is 35.3. The number of nitrogens with zero attached hydrogens (tertiary/aromatic N) is 2. The van der Waals surface area contributed by atoms with Gasteiger partial charge in [0.15, 0.2) is 11.3 Å². The van der Waals surface area contributed by atoms with Crippen LogP contribution in [-0.4, -0.2) is 48.2 Å². The lowest BCUT2D eigenvalue weighted by molar-refractivity contribution is -0.142. The molecule has 1 aliphatic heterocycles. The summed E-state index contributed by atoms with van der Waals surface area (Å²) in [7, 11) is -3.82. The molecule has 1 atom stereocenters. The molecule has 1 fully saturated rings. The second-order valence-corrected chi connectivity index (χ2v) is 10.6. The number of aromatic nitrogens is 1. The lowest BCUT2D eigenvalue weighted by Crippen LogP contribution is -2.35. The largest absolute Gasteiger partial charge is 0.480 e. The monoisotopic (exact) mass is 506 g/mol. The van der Waals surface area contributed by atoms with Crippen LogP contribution in [0.3, 0.4) is 0 Å². The van der Waals surface area contributed by atoms with E-state index in [1.165, 1.54) is 6.07 Å². The van der Waals surface area contributed by atoms with Gasteiger partial charge in [-0.15, -0.1) is 0 Å². The number of carboxylic acid groups (broad SMARTS) is 1. The molecule has 0 saturated carbocycles. The SMILES string of the molecule is Cc1c(-c2ccccc2)cccc1-c1nc2cc(CN3CCC[C@H]3C(=O)O)c(OS(C)(=O)=O)cc2o1. The van der Waals surface area contributed by atoms with Gasteiger partial charge in [-0.25, -0.2) is 4.98 Å². The molecule has 1 saturated heterocycles. The molecule has 36 heavy (non-hydrogen) atoms. The van der Waals surface area contributed by atoms with E-state index in [4.69, 9.17) is 13.6 Å². The quantitative estimate of drug-likeness (QED) is 0.354. The van der Waals surface area contributed by atoms with Crippen molar-refractivity contribution < 1.29 is 26.9 Å². The number of fused-ring (bicyclic) bond motifs is 1. The Bertz CT molecular complexity index is 1550. The number of oxazole rings is 1. The fourth-order valence-corrected chi connectivity index (χ4v) is 5.27. The lowest BCUT2D eigenvalue weighted by Gasteiger charge is -2.22. The minimum absolute atomic E-state index is 0.110. The van der Waals surface area contributed by atoms with Crippen LogP contribution in [0.15, 0.2) is 65.1 Å². The van der Waals surface area contributed by atoms with Crippen molar-refractivity contribution in [2.24, 2.45) is 0 Å². The summed E-state index contributed by atoms with van der Waals surface area (Å²) >= 11 is 0. The van der Waals surface area contributed by atoms with Gasteiger partial charge in [-0.1, -0.05) is 42.5 Å². The zero-order chi connectivity index (χ0) is 25.4. The molecule has 3 aromatic carbocycles. The molecular formula is C27H26N2O6S. The Morgan fingerprint density at radius 3 is 2.61 bits per heavy atom. The van der Waals surface area contributed by atoms with Crippen LogP contribution >= 0.6 is 0 Å². The standard InChI is InChI=1S/C27H26N2O6S/c1-17-20(18-8-4-3-5-9-18)10-6-11-21(17)26-28-22-14-19(16-29-13-7-12-23(29)27(30)31)24(15-25(22)34-26)35-36(2,32)33/h3-6,8-11,14-15,23H,7,12-13,16H2,1-2H3,(H,30,31)/t23-/m0/s1. The summed E-state index contributed by atoms with van der Waals surface area (Å²) in [4.78, 5) is 18.2. The maximum Gasteiger partial charge on any atom is 0.320 e. The van der Waals surface area contributed by atoms with Crippen molar-refractivity contribution in [3.8, 4) is 28.3 Å². The molecule has 1 N–H and O–H groups in total. The fraction of sp³-hybridized carbons (Fsp3) is 0.259. The highest BCUT2D eigenvalue weighted by molar-refractivity contribution is 7.86. The molecule has 0 aliphatic carbocycles. The van der Waals surface area contributed by atoms with Gasteiger partial charge in [0.05, 0.1) is 6.26 Å². The zero-order valence-corrected chi connectivity index (χ0v) is 20.8. The number of carboxylic acids is 1. The Balaban J connectivity index is 1.57.